The quantitative estimate of drug-likeness (QED) is 0.677. The summed E-state index contributed by atoms with van der Waals surface area (Å²) in [5.41, 5.74) is 1.33. The van der Waals surface area contributed by atoms with Gasteiger partial charge in [0.25, 0.3) is 0 Å². The number of hydrogen-bond acceptors (Lipinski definition) is 5. The molecular formula is C20H23N3O3S2. The molecular weight excluding hydrogens is 394 g/mol. The van der Waals surface area contributed by atoms with Crippen LogP contribution in [0.3, 0.4) is 0 Å². The number of benzene rings is 2. The van der Waals surface area contributed by atoms with Crippen molar-refractivity contribution in [1.29, 1.82) is 5.26 Å². The highest BCUT2D eigenvalue weighted by molar-refractivity contribution is 7.98. The Morgan fingerprint density at radius 1 is 1.21 bits per heavy atom. The lowest BCUT2D eigenvalue weighted by Crippen LogP contribution is -2.47. The molecule has 2 rings (SSSR count). The molecule has 0 aliphatic rings. The average molecular weight is 418 g/mol. The van der Waals surface area contributed by atoms with E-state index >= 15 is 0 Å². The Hall–Kier alpha value is -2.34. The van der Waals surface area contributed by atoms with Crippen LogP contribution in [0.5, 0.6) is 0 Å². The van der Waals surface area contributed by atoms with Crippen LogP contribution >= 0.6 is 11.8 Å². The lowest BCUT2D eigenvalue weighted by atomic mass is 10.1. The van der Waals surface area contributed by atoms with Crippen molar-refractivity contribution < 1.29 is 13.2 Å². The van der Waals surface area contributed by atoms with Crippen LogP contribution in [0.15, 0.2) is 59.5 Å². The van der Waals surface area contributed by atoms with E-state index in [2.05, 4.69) is 10.8 Å². The number of rotatable bonds is 9. The molecule has 0 aromatic heterocycles. The second-order valence-corrected chi connectivity index (χ2v) is 8.97. The SMILES string of the molecule is CSCCC(NS(=O)(=O)c1ccccc1)C(=O)N(C)Cc1cccc(C#N)c1. The van der Waals surface area contributed by atoms with Gasteiger partial charge in [0, 0.05) is 13.6 Å². The molecule has 2 aromatic carbocycles. The third-order valence-corrected chi connectivity index (χ3v) is 6.24. The van der Waals surface area contributed by atoms with E-state index in [1.165, 1.54) is 17.0 Å². The maximum Gasteiger partial charge on any atom is 0.241 e. The zero-order valence-electron chi connectivity index (χ0n) is 15.8. The first-order chi connectivity index (χ1) is 13.4. The summed E-state index contributed by atoms with van der Waals surface area (Å²) in [7, 11) is -2.17. The maximum absolute atomic E-state index is 12.9. The first kappa shape index (κ1) is 22.0. The Morgan fingerprint density at radius 2 is 1.93 bits per heavy atom. The fraction of sp³-hybridized carbons (Fsp3) is 0.300. The van der Waals surface area contributed by atoms with Gasteiger partial charge in [-0.3, -0.25) is 4.79 Å². The van der Waals surface area contributed by atoms with E-state index in [0.717, 1.165) is 5.56 Å². The van der Waals surface area contributed by atoms with Crippen LogP contribution in [0.1, 0.15) is 17.5 Å². The van der Waals surface area contributed by atoms with Gasteiger partial charge in [-0.1, -0.05) is 30.3 Å². The van der Waals surface area contributed by atoms with Crippen LogP contribution in [-0.4, -0.2) is 44.3 Å². The van der Waals surface area contributed by atoms with E-state index in [1.807, 2.05) is 12.3 Å². The van der Waals surface area contributed by atoms with Gasteiger partial charge in [0.05, 0.1) is 16.5 Å². The number of hydrogen-bond donors (Lipinski definition) is 1. The van der Waals surface area contributed by atoms with E-state index < -0.39 is 16.1 Å². The van der Waals surface area contributed by atoms with E-state index in [9.17, 15) is 13.2 Å². The molecule has 0 bridgehead atoms. The molecule has 0 saturated carbocycles. The molecule has 1 amide bonds. The standard InChI is InChI=1S/C20H23N3O3S2/c1-23(15-17-8-6-7-16(13-17)14-21)20(24)19(11-12-27-2)22-28(25,26)18-9-4-3-5-10-18/h3-10,13,19,22H,11-12,15H2,1-2H3. The molecule has 6 nitrogen and oxygen atoms in total. The minimum absolute atomic E-state index is 0.126. The van der Waals surface area contributed by atoms with Crippen molar-refractivity contribution in [2.75, 3.05) is 19.1 Å². The molecule has 8 heteroatoms. The van der Waals surface area contributed by atoms with Gasteiger partial charge in [-0.15, -0.1) is 0 Å². The van der Waals surface area contributed by atoms with E-state index in [0.29, 0.717) is 17.7 Å². The van der Waals surface area contributed by atoms with Crippen LogP contribution in [0.4, 0.5) is 0 Å². The molecule has 0 spiro atoms. The van der Waals surface area contributed by atoms with Crippen molar-refractivity contribution in [3.63, 3.8) is 0 Å². The normalized spacial score (nSPS) is 12.2. The molecule has 0 heterocycles. The first-order valence-corrected chi connectivity index (χ1v) is 11.6. The smallest absolute Gasteiger partial charge is 0.241 e. The third-order valence-electron chi connectivity index (χ3n) is 4.11. The molecule has 1 N–H and O–H groups in total. The van der Waals surface area contributed by atoms with Gasteiger partial charge in [-0.2, -0.15) is 21.7 Å². The van der Waals surface area contributed by atoms with Gasteiger partial charge in [0.15, 0.2) is 0 Å². The van der Waals surface area contributed by atoms with Crippen molar-refractivity contribution in [3.8, 4) is 6.07 Å². The van der Waals surface area contributed by atoms with Crippen LogP contribution < -0.4 is 4.72 Å². The Kier molecular flexibility index (Phi) is 8.05. The largest absolute Gasteiger partial charge is 0.340 e. The number of carbonyl (C=O) groups is 1. The molecule has 0 fully saturated rings. The predicted octanol–water partition coefficient (Wildman–Crippen LogP) is 2.62. The van der Waals surface area contributed by atoms with Crippen LogP contribution in [0.25, 0.3) is 0 Å². The summed E-state index contributed by atoms with van der Waals surface area (Å²) in [5.74, 6) is 0.335. The maximum atomic E-state index is 12.9. The van der Waals surface area contributed by atoms with Crippen molar-refractivity contribution in [1.82, 2.24) is 9.62 Å². The second-order valence-electron chi connectivity index (χ2n) is 6.27. The molecule has 0 aliphatic carbocycles. The zero-order chi connectivity index (χ0) is 20.6. The molecule has 1 unspecified atom stereocenters. The van der Waals surface area contributed by atoms with Crippen molar-refractivity contribution in [3.05, 3.63) is 65.7 Å². The van der Waals surface area contributed by atoms with Gasteiger partial charge in [-0.25, -0.2) is 8.42 Å². The fourth-order valence-corrected chi connectivity index (χ4v) is 4.40. The van der Waals surface area contributed by atoms with Crippen LogP contribution in [0.2, 0.25) is 0 Å². The Balaban J connectivity index is 2.16. The van der Waals surface area contributed by atoms with Gasteiger partial charge in [0.1, 0.15) is 6.04 Å². The van der Waals surface area contributed by atoms with E-state index in [4.69, 9.17) is 5.26 Å². The third kappa shape index (κ3) is 6.09. The molecule has 148 valence electrons. The zero-order valence-corrected chi connectivity index (χ0v) is 17.5. The van der Waals surface area contributed by atoms with Gasteiger partial charge < -0.3 is 4.90 Å². The summed E-state index contributed by atoms with van der Waals surface area (Å²) in [6.07, 6.45) is 2.29. The molecule has 0 radical (unpaired) electrons. The second kappa shape index (κ2) is 10.3. The van der Waals surface area contributed by atoms with Crippen LogP contribution in [-0.2, 0) is 21.4 Å². The lowest BCUT2D eigenvalue weighted by Gasteiger charge is -2.24. The number of thioether (sulfide) groups is 1. The number of amides is 1. The highest BCUT2D eigenvalue weighted by Crippen LogP contribution is 2.13. The van der Waals surface area contributed by atoms with Gasteiger partial charge in [0.2, 0.25) is 15.9 Å². The monoisotopic (exact) mass is 417 g/mol. The molecule has 2 aromatic rings. The van der Waals surface area contributed by atoms with Crippen LogP contribution in [0, 0.1) is 11.3 Å². The predicted molar refractivity (Wildman–Crippen MR) is 111 cm³/mol. The number of nitriles is 1. The Bertz CT molecular complexity index is 941. The number of sulfonamides is 1. The minimum Gasteiger partial charge on any atom is -0.340 e. The summed E-state index contributed by atoms with van der Waals surface area (Å²) in [5, 5.41) is 9.02. The minimum atomic E-state index is -3.80. The van der Waals surface area contributed by atoms with E-state index in [-0.39, 0.29) is 17.3 Å². The summed E-state index contributed by atoms with van der Waals surface area (Å²) < 4.78 is 27.8. The number of likely N-dealkylation sites (N-methyl/N-ethyl adjacent to an activating group) is 1. The number of carbonyl (C=O) groups excluding carboxylic acids is 1. The highest BCUT2D eigenvalue weighted by atomic mass is 32.2. The van der Waals surface area contributed by atoms with Crippen molar-refractivity contribution in [2.24, 2.45) is 0 Å². The summed E-state index contributed by atoms with van der Waals surface area (Å²) >= 11 is 1.55. The summed E-state index contributed by atoms with van der Waals surface area (Å²) in [6.45, 7) is 0.289. The van der Waals surface area contributed by atoms with Gasteiger partial charge in [-0.05, 0) is 48.3 Å². The summed E-state index contributed by atoms with van der Waals surface area (Å²) in [4.78, 5) is 14.5. The molecule has 28 heavy (non-hydrogen) atoms. The highest BCUT2D eigenvalue weighted by Gasteiger charge is 2.27. The summed E-state index contributed by atoms with van der Waals surface area (Å²) in [6, 6.07) is 16.2. The Labute approximate surface area is 170 Å². The molecule has 0 saturated heterocycles. The number of nitrogens with zero attached hydrogens (tertiary/aromatic N) is 2. The van der Waals surface area contributed by atoms with Crippen molar-refractivity contribution >= 4 is 27.7 Å². The first-order valence-electron chi connectivity index (χ1n) is 8.67. The lowest BCUT2D eigenvalue weighted by molar-refractivity contribution is -0.132. The average Bonchev–Trinajstić information content (AvgIpc) is 2.71. The Morgan fingerprint density at radius 3 is 2.57 bits per heavy atom. The molecule has 0 aliphatic heterocycles. The number of nitrogens with one attached hydrogen (secondary N) is 1. The van der Waals surface area contributed by atoms with Gasteiger partial charge >= 0.3 is 0 Å². The molecule has 1 atom stereocenters. The topological polar surface area (TPSA) is 90.3 Å². The van der Waals surface area contributed by atoms with Crippen molar-refractivity contribution in [2.45, 2.75) is 23.9 Å². The fourth-order valence-electron chi connectivity index (χ4n) is 2.68. The van der Waals surface area contributed by atoms with E-state index in [1.54, 1.807) is 55.2 Å².